The Kier molecular flexibility index (Phi) is 6.45. The van der Waals surface area contributed by atoms with E-state index >= 15 is 0 Å². The van der Waals surface area contributed by atoms with Crippen molar-refractivity contribution in [2.75, 3.05) is 25.6 Å². The summed E-state index contributed by atoms with van der Waals surface area (Å²) in [6, 6.07) is 12.1. The van der Waals surface area contributed by atoms with E-state index in [1.165, 1.54) is 24.3 Å². The molecule has 0 bridgehead atoms. The Bertz CT molecular complexity index is 702. The molecule has 0 aliphatic carbocycles. The molecule has 2 N–H and O–H groups in total. The fourth-order valence-electron chi connectivity index (χ4n) is 2.05. The van der Waals surface area contributed by atoms with Crippen LogP contribution in [0.1, 0.15) is 27.1 Å². The van der Waals surface area contributed by atoms with Gasteiger partial charge in [0, 0.05) is 31.4 Å². The number of hydrogen-bond donors (Lipinski definition) is 2. The highest BCUT2D eigenvalue weighted by Gasteiger charge is 2.10. The molecular formula is C18H19FN2O3. The van der Waals surface area contributed by atoms with E-state index in [0.717, 1.165) is 6.42 Å². The number of ether oxygens (including phenoxy) is 1. The maximum absolute atomic E-state index is 13.5. The molecule has 0 spiro atoms. The molecule has 2 aromatic carbocycles. The standard InChI is InChI=1S/C18H19FN2O3/c1-24-12-4-11-20-17(22)13-7-9-14(10-8-13)18(23)21-16-6-3-2-5-15(16)19/h2-3,5-10H,4,11-12H2,1H3,(H,20,22)(H,21,23). The van der Waals surface area contributed by atoms with Gasteiger partial charge >= 0.3 is 0 Å². The average molecular weight is 330 g/mol. The van der Waals surface area contributed by atoms with E-state index < -0.39 is 11.7 Å². The molecule has 0 heterocycles. The van der Waals surface area contributed by atoms with E-state index in [9.17, 15) is 14.0 Å². The van der Waals surface area contributed by atoms with Crippen LogP contribution in [0.4, 0.5) is 10.1 Å². The molecule has 2 amide bonds. The third-order valence-corrected chi connectivity index (χ3v) is 3.34. The van der Waals surface area contributed by atoms with Crippen LogP contribution in [0.5, 0.6) is 0 Å². The van der Waals surface area contributed by atoms with E-state index in [4.69, 9.17) is 4.74 Å². The van der Waals surface area contributed by atoms with Gasteiger partial charge in [-0.1, -0.05) is 12.1 Å². The maximum Gasteiger partial charge on any atom is 0.255 e. The number of anilines is 1. The first kappa shape index (κ1) is 17.6. The Balaban J connectivity index is 1.95. The third kappa shape index (κ3) is 4.89. The molecule has 126 valence electrons. The Morgan fingerprint density at radius 3 is 2.25 bits per heavy atom. The van der Waals surface area contributed by atoms with Gasteiger partial charge < -0.3 is 15.4 Å². The Morgan fingerprint density at radius 2 is 1.62 bits per heavy atom. The SMILES string of the molecule is COCCCNC(=O)c1ccc(C(=O)Nc2ccccc2F)cc1. The predicted molar refractivity (Wildman–Crippen MR) is 89.6 cm³/mol. The lowest BCUT2D eigenvalue weighted by atomic mass is 10.1. The zero-order chi connectivity index (χ0) is 17.4. The van der Waals surface area contributed by atoms with Gasteiger partial charge in [0.05, 0.1) is 5.69 Å². The topological polar surface area (TPSA) is 67.4 Å². The first-order chi connectivity index (χ1) is 11.6. The fourth-order valence-corrected chi connectivity index (χ4v) is 2.05. The molecule has 0 radical (unpaired) electrons. The van der Waals surface area contributed by atoms with Gasteiger partial charge in [-0.15, -0.1) is 0 Å². The summed E-state index contributed by atoms with van der Waals surface area (Å²) in [5.74, 6) is -1.16. The smallest absolute Gasteiger partial charge is 0.255 e. The third-order valence-electron chi connectivity index (χ3n) is 3.34. The van der Waals surface area contributed by atoms with Crippen molar-refractivity contribution in [2.24, 2.45) is 0 Å². The minimum atomic E-state index is -0.502. The number of methoxy groups -OCH3 is 1. The van der Waals surface area contributed by atoms with Gasteiger partial charge in [-0.3, -0.25) is 9.59 Å². The van der Waals surface area contributed by atoms with E-state index in [1.807, 2.05) is 0 Å². The molecule has 0 aromatic heterocycles. The number of benzene rings is 2. The van der Waals surface area contributed by atoms with Crippen molar-refractivity contribution in [1.82, 2.24) is 5.32 Å². The zero-order valence-electron chi connectivity index (χ0n) is 13.3. The summed E-state index contributed by atoms with van der Waals surface area (Å²) in [6.07, 6.45) is 0.728. The predicted octanol–water partition coefficient (Wildman–Crippen LogP) is 2.84. The highest BCUT2D eigenvalue weighted by Crippen LogP contribution is 2.14. The number of carbonyl (C=O) groups is 2. The van der Waals surface area contributed by atoms with Crippen LogP contribution in [-0.2, 0) is 4.74 Å². The maximum atomic E-state index is 13.5. The summed E-state index contributed by atoms with van der Waals surface area (Å²) >= 11 is 0. The van der Waals surface area contributed by atoms with Crippen molar-refractivity contribution in [1.29, 1.82) is 0 Å². The first-order valence-corrected chi connectivity index (χ1v) is 7.55. The number of amides is 2. The lowest BCUT2D eigenvalue weighted by molar-refractivity contribution is 0.0947. The van der Waals surface area contributed by atoms with Gasteiger partial charge in [-0.25, -0.2) is 4.39 Å². The Morgan fingerprint density at radius 1 is 1.00 bits per heavy atom. The van der Waals surface area contributed by atoms with Crippen molar-refractivity contribution in [3.8, 4) is 0 Å². The first-order valence-electron chi connectivity index (χ1n) is 7.55. The molecule has 0 aliphatic rings. The number of carbonyl (C=O) groups excluding carboxylic acids is 2. The van der Waals surface area contributed by atoms with E-state index in [2.05, 4.69) is 10.6 Å². The molecule has 6 heteroatoms. The molecule has 2 rings (SSSR count). The molecule has 0 unspecified atom stereocenters. The number of nitrogens with one attached hydrogen (secondary N) is 2. The number of hydrogen-bond acceptors (Lipinski definition) is 3. The van der Waals surface area contributed by atoms with Crippen molar-refractivity contribution < 1.29 is 18.7 Å². The van der Waals surface area contributed by atoms with Crippen LogP contribution in [0.25, 0.3) is 0 Å². The van der Waals surface area contributed by atoms with Gasteiger partial charge in [0.2, 0.25) is 0 Å². The summed E-state index contributed by atoms with van der Waals surface area (Å²) in [6.45, 7) is 1.09. The summed E-state index contributed by atoms with van der Waals surface area (Å²) in [5.41, 5.74) is 0.909. The molecular weight excluding hydrogens is 311 g/mol. The van der Waals surface area contributed by atoms with Crippen LogP contribution in [-0.4, -0.2) is 32.1 Å². The lowest BCUT2D eigenvalue weighted by Gasteiger charge is -2.08. The van der Waals surface area contributed by atoms with Crippen molar-refractivity contribution >= 4 is 17.5 Å². The molecule has 0 atom stereocenters. The normalized spacial score (nSPS) is 10.2. The van der Waals surface area contributed by atoms with Crippen LogP contribution >= 0.6 is 0 Å². The summed E-state index contributed by atoms with van der Waals surface area (Å²) in [4.78, 5) is 24.0. The van der Waals surface area contributed by atoms with Gasteiger partial charge in [0.15, 0.2) is 0 Å². The molecule has 0 fully saturated rings. The molecule has 2 aromatic rings. The number of para-hydroxylation sites is 1. The zero-order valence-corrected chi connectivity index (χ0v) is 13.3. The van der Waals surface area contributed by atoms with Gasteiger partial charge in [-0.05, 0) is 42.8 Å². The van der Waals surface area contributed by atoms with Crippen molar-refractivity contribution in [3.63, 3.8) is 0 Å². The number of rotatable bonds is 7. The monoisotopic (exact) mass is 330 g/mol. The largest absolute Gasteiger partial charge is 0.385 e. The van der Waals surface area contributed by atoms with E-state index in [-0.39, 0.29) is 11.6 Å². The van der Waals surface area contributed by atoms with Crippen LogP contribution < -0.4 is 10.6 Å². The summed E-state index contributed by atoms with van der Waals surface area (Å²) in [5, 5.41) is 5.26. The molecule has 5 nitrogen and oxygen atoms in total. The number of halogens is 1. The summed E-state index contributed by atoms with van der Waals surface area (Å²) < 4.78 is 18.4. The summed E-state index contributed by atoms with van der Waals surface area (Å²) in [7, 11) is 1.60. The van der Waals surface area contributed by atoms with Crippen LogP contribution in [0.3, 0.4) is 0 Å². The highest BCUT2D eigenvalue weighted by molar-refractivity contribution is 6.05. The van der Waals surface area contributed by atoms with Crippen LogP contribution in [0.15, 0.2) is 48.5 Å². The van der Waals surface area contributed by atoms with Crippen molar-refractivity contribution in [3.05, 3.63) is 65.5 Å². The minimum Gasteiger partial charge on any atom is -0.385 e. The van der Waals surface area contributed by atoms with Gasteiger partial charge in [0.25, 0.3) is 11.8 Å². The van der Waals surface area contributed by atoms with E-state index in [1.54, 1.807) is 31.4 Å². The second-order valence-corrected chi connectivity index (χ2v) is 5.11. The van der Waals surface area contributed by atoms with Gasteiger partial charge in [0.1, 0.15) is 5.82 Å². The second-order valence-electron chi connectivity index (χ2n) is 5.11. The second kappa shape index (κ2) is 8.79. The van der Waals surface area contributed by atoms with E-state index in [0.29, 0.717) is 24.3 Å². The molecule has 0 aliphatic heterocycles. The Hall–Kier alpha value is -2.73. The lowest BCUT2D eigenvalue weighted by Crippen LogP contribution is -2.25. The average Bonchev–Trinajstić information content (AvgIpc) is 2.60. The highest BCUT2D eigenvalue weighted by atomic mass is 19.1. The Labute approximate surface area is 139 Å². The fraction of sp³-hybridized carbons (Fsp3) is 0.222. The molecule has 24 heavy (non-hydrogen) atoms. The van der Waals surface area contributed by atoms with Gasteiger partial charge in [-0.2, -0.15) is 0 Å². The molecule has 0 saturated carbocycles. The quantitative estimate of drug-likeness (QED) is 0.767. The molecule has 0 saturated heterocycles. The van der Waals surface area contributed by atoms with Crippen LogP contribution in [0.2, 0.25) is 0 Å². The van der Waals surface area contributed by atoms with Crippen molar-refractivity contribution in [2.45, 2.75) is 6.42 Å². The minimum absolute atomic E-state index is 0.113. The van der Waals surface area contributed by atoms with Crippen LogP contribution in [0, 0.1) is 5.82 Å².